The summed E-state index contributed by atoms with van der Waals surface area (Å²) in [5.41, 5.74) is 12.6. The quantitative estimate of drug-likeness (QED) is 0.731. The van der Waals surface area contributed by atoms with Crippen LogP contribution in [-0.2, 0) is 0 Å². The number of aromatic nitrogens is 1. The van der Waals surface area contributed by atoms with Gasteiger partial charge in [-0.1, -0.05) is 6.07 Å². The van der Waals surface area contributed by atoms with Crippen LogP contribution in [0.4, 0.5) is 5.82 Å². The third-order valence-corrected chi connectivity index (χ3v) is 1.76. The van der Waals surface area contributed by atoms with E-state index in [1.54, 1.807) is 12.3 Å². The molecule has 0 fully saturated rings. The number of nitrogen functional groups attached to an aromatic ring is 1. The Balaban J connectivity index is 2.94. The van der Waals surface area contributed by atoms with E-state index in [1.807, 2.05) is 26.0 Å². The van der Waals surface area contributed by atoms with Crippen molar-refractivity contribution in [3.05, 3.63) is 30.1 Å². The number of anilines is 1. The number of nitrogens with zero attached hydrogens (tertiary/aromatic N) is 2. The fraction of sp³-hybridized carbons (Fsp3) is 0.273. The Hall–Kier alpha value is -1.84. The first-order valence-electron chi connectivity index (χ1n) is 4.81. The van der Waals surface area contributed by atoms with Crippen LogP contribution in [0.3, 0.4) is 0 Å². The van der Waals surface area contributed by atoms with Gasteiger partial charge in [-0.2, -0.15) is 0 Å². The van der Waals surface area contributed by atoms with Crippen molar-refractivity contribution in [3.8, 4) is 0 Å². The van der Waals surface area contributed by atoms with Crippen LogP contribution in [0.1, 0.15) is 19.5 Å². The molecule has 1 heterocycles. The molecule has 0 aliphatic rings. The van der Waals surface area contributed by atoms with Gasteiger partial charge in [-0.05, 0) is 26.0 Å². The smallest absolute Gasteiger partial charge is 0.124 e. The summed E-state index contributed by atoms with van der Waals surface area (Å²) in [6, 6.07) is 5.66. The minimum atomic E-state index is 0.237. The minimum absolute atomic E-state index is 0.237. The Morgan fingerprint density at radius 3 is 2.73 bits per heavy atom. The van der Waals surface area contributed by atoms with Gasteiger partial charge in [0.05, 0.1) is 5.69 Å². The lowest BCUT2D eigenvalue weighted by Gasteiger charge is -2.02. The lowest BCUT2D eigenvalue weighted by atomic mass is 10.2. The van der Waals surface area contributed by atoms with E-state index in [9.17, 15) is 0 Å². The SMILES string of the molecule is CC(C)N=C/C(=C\N)c1cccc(N)n1. The largest absolute Gasteiger partial charge is 0.404 e. The minimum Gasteiger partial charge on any atom is -0.404 e. The van der Waals surface area contributed by atoms with E-state index in [0.29, 0.717) is 5.82 Å². The molecule has 0 aliphatic heterocycles. The van der Waals surface area contributed by atoms with Crippen molar-refractivity contribution < 1.29 is 0 Å². The van der Waals surface area contributed by atoms with Gasteiger partial charge in [0, 0.05) is 24.0 Å². The van der Waals surface area contributed by atoms with Crippen molar-refractivity contribution >= 4 is 17.6 Å². The van der Waals surface area contributed by atoms with E-state index >= 15 is 0 Å². The molecule has 0 radical (unpaired) electrons. The summed E-state index contributed by atoms with van der Waals surface area (Å²) in [5, 5.41) is 0. The van der Waals surface area contributed by atoms with Crippen LogP contribution in [0.5, 0.6) is 0 Å². The van der Waals surface area contributed by atoms with Gasteiger partial charge in [0.1, 0.15) is 5.82 Å². The zero-order valence-electron chi connectivity index (χ0n) is 9.01. The zero-order chi connectivity index (χ0) is 11.3. The Morgan fingerprint density at radius 2 is 2.20 bits per heavy atom. The first-order chi connectivity index (χ1) is 7.13. The fourth-order valence-corrected chi connectivity index (χ4v) is 1.04. The molecule has 15 heavy (non-hydrogen) atoms. The maximum Gasteiger partial charge on any atom is 0.124 e. The van der Waals surface area contributed by atoms with Crippen LogP contribution in [0, 0.1) is 0 Å². The average Bonchev–Trinajstić information content (AvgIpc) is 2.18. The second-order valence-electron chi connectivity index (χ2n) is 3.44. The second-order valence-corrected chi connectivity index (χ2v) is 3.44. The van der Waals surface area contributed by atoms with Crippen LogP contribution >= 0.6 is 0 Å². The molecule has 0 saturated heterocycles. The summed E-state index contributed by atoms with van der Waals surface area (Å²) >= 11 is 0. The molecule has 4 N–H and O–H groups in total. The van der Waals surface area contributed by atoms with E-state index in [0.717, 1.165) is 11.3 Å². The number of pyridine rings is 1. The molecule has 0 aromatic carbocycles. The van der Waals surface area contributed by atoms with E-state index in [1.165, 1.54) is 6.20 Å². The summed E-state index contributed by atoms with van der Waals surface area (Å²) in [5.74, 6) is 0.477. The molecule has 0 unspecified atom stereocenters. The number of hydrogen-bond donors (Lipinski definition) is 2. The molecule has 1 aromatic heterocycles. The first kappa shape index (κ1) is 11.2. The zero-order valence-corrected chi connectivity index (χ0v) is 9.01. The van der Waals surface area contributed by atoms with Crippen molar-refractivity contribution in [3.63, 3.8) is 0 Å². The van der Waals surface area contributed by atoms with E-state index in [-0.39, 0.29) is 6.04 Å². The van der Waals surface area contributed by atoms with Crippen LogP contribution in [0.15, 0.2) is 29.4 Å². The predicted molar refractivity (Wildman–Crippen MR) is 64.4 cm³/mol. The molecule has 4 nitrogen and oxygen atoms in total. The molecule has 0 amide bonds. The molecule has 1 rings (SSSR count). The highest BCUT2D eigenvalue weighted by molar-refractivity contribution is 6.08. The van der Waals surface area contributed by atoms with Gasteiger partial charge in [-0.25, -0.2) is 4.98 Å². The lowest BCUT2D eigenvalue weighted by Crippen LogP contribution is -1.99. The fourth-order valence-electron chi connectivity index (χ4n) is 1.04. The topological polar surface area (TPSA) is 77.3 Å². The summed E-state index contributed by atoms with van der Waals surface area (Å²) in [4.78, 5) is 8.41. The predicted octanol–water partition coefficient (Wildman–Crippen LogP) is 1.44. The third kappa shape index (κ3) is 3.42. The maximum absolute atomic E-state index is 5.58. The molecule has 1 aromatic rings. The highest BCUT2D eigenvalue weighted by Crippen LogP contribution is 2.10. The molecule has 0 aliphatic carbocycles. The van der Waals surface area contributed by atoms with Gasteiger partial charge in [0.15, 0.2) is 0 Å². The Kier molecular flexibility index (Phi) is 3.85. The highest BCUT2D eigenvalue weighted by Gasteiger charge is 2.00. The standard InChI is InChI=1S/C11H16N4/c1-8(2)14-7-9(6-12)10-4-3-5-11(13)15-10/h3-8H,12H2,1-2H3,(H2,13,15)/b9-6+,14-7?. The van der Waals surface area contributed by atoms with Gasteiger partial charge >= 0.3 is 0 Å². The molecule has 0 atom stereocenters. The summed E-state index contributed by atoms with van der Waals surface area (Å²) in [6.45, 7) is 3.99. The summed E-state index contributed by atoms with van der Waals surface area (Å²) in [7, 11) is 0. The highest BCUT2D eigenvalue weighted by atomic mass is 14.8. The first-order valence-corrected chi connectivity index (χ1v) is 4.81. The molecule has 80 valence electrons. The van der Waals surface area contributed by atoms with Crippen molar-refractivity contribution in [2.75, 3.05) is 5.73 Å². The van der Waals surface area contributed by atoms with Gasteiger partial charge in [-0.15, -0.1) is 0 Å². The van der Waals surface area contributed by atoms with Crippen LogP contribution in [0.25, 0.3) is 5.57 Å². The van der Waals surface area contributed by atoms with E-state index in [2.05, 4.69) is 9.98 Å². The number of allylic oxidation sites excluding steroid dienone is 1. The van der Waals surface area contributed by atoms with Crippen LogP contribution < -0.4 is 11.5 Å². The molecule has 4 heteroatoms. The van der Waals surface area contributed by atoms with Crippen LogP contribution in [-0.4, -0.2) is 17.2 Å². The monoisotopic (exact) mass is 204 g/mol. The lowest BCUT2D eigenvalue weighted by molar-refractivity contribution is 0.842. The number of aliphatic imine (C=N–C) groups is 1. The number of nitrogens with two attached hydrogens (primary N) is 2. The summed E-state index contributed by atoms with van der Waals surface area (Å²) in [6.07, 6.45) is 3.19. The maximum atomic E-state index is 5.58. The third-order valence-electron chi connectivity index (χ3n) is 1.76. The number of hydrogen-bond acceptors (Lipinski definition) is 4. The Labute approximate surface area is 89.7 Å². The molecular formula is C11H16N4. The van der Waals surface area contributed by atoms with Gasteiger partial charge in [-0.3, -0.25) is 4.99 Å². The van der Waals surface area contributed by atoms with Gasteiger partial charge in [0.2, 0.25) is 0 Å². The summed E-state index contributed by atoms with van der Waals surface area (Å²) < 4.78 is 0. The van der Waals surface area contributed by atoms with Crippen molar-refractivity contribution in [2.45, 2.75) is 19.9 Å². The van der Waals surface area contributed by atoms with Crippen molar-refractivity contribution in [1.29, 1.82) is 0 Å². The molecule has 0 spiro atoms. The van der Waals surface area contributed by atoms with Crippen molar-refractivity contribution in [2.24, 2.45) is 10.7 Å². The van der Waals surface area contributed by atoms with Crippen molar-refractivity contribution in [1.82, 2.24) is 4.98 Å². The second kappa shape index (κ2) is 5.14. The Morgan fingerprint density at radius 1 is 1.47 bits per heavy atom. The molecular weight excluding hydrogens is 188 g/mol. The average molecular weight is 204 g/mol. The molecule has 0 saturated carbocycles. The van der Waals surface area contributed by atoms with Crippen LogP contribution in [0.2, 0.25) is 0 Å². The van der Waals surface area contributed by atoms with Gasteiger partial charge < -0.3 is 11.5 Å². The van der Waals surface area contributed by atoms with E-state index < -0.39 is 0 Å². The normalized spacial score (nSPS) is 12.6. The Bertz CT molecular complexity index is 380. The number of rotatable bonds is 3. The molecule has 0 bridgehead atoms. The van der Waals surface area contributed by atoms with Gasteiger partial charge in [0.25, 0.3) is 0 Å². The van der Waals surface area contributed by atoms with E-state index in [4.69, 9.17) is 11.5 Å².